The van der Waals surface area contributed by atoms with Crippen molar-refractivity contribution in [3.63, 3.8) is 0 Å². The maximum atomic E-state index is 11.7. The van der Waals surface area contributed by atoms with Gasteiger partial charge >= 0.3 is 0 Å². The number of ether oxygens (including phenoxy) is 1. The second kappa shape index (κ2) is 7.73. The van der Waals surface area contributed by atoms with Crippen LogP contribution in [0.2, 0.25) is 0 Å². The zero-order valence-corrected chi connectivity index (χ0v) is 11.0. The lowest BCUT2D eigenvalue weighted by molar-refractivity contribution is -0.120. The van der Waals surface area contributed by atoms with E-state index in [9.17, 15) is 9.59 Å². The Bertz CT molecular complexity index is 424. The van der Waals surface area contributed by atoms with Crippen molar-refractivity contribution in [2.24, 2.45) is 0 Å². The lowest BCUT2D eigenvalue weighted by atomic mass is 10.2. The van der Waals surface area contributed by atoms with Crippen LogP contribution in [0.15, 0.2) is 29.2 Å². The first-order valence-corrected chi connectivity index (χ1v) is 5.91. The summed E-state index contributed by atoms with van der Waals surface area (Å²) in [5.74, 6) is -0.546. The average Bonchev–Trinajstić information content (AvgIpc) is 2.36. The van der Waals surface area contributed by atoms with Crippen LogP contribution < -0.4 is 10.6 Å². The molecule has 0 unspecified atom stereocenters. The highest BCUT2D eigenvalue weighted by atomic mass is 32.1. The minimum Gasteiger partial charge on any atom is -0.383 e. The van der Waals surface area contributed by atoms with Gasteiger partial charge in [-0.3, -0.25) is 9.59 Å². The van der Waals surface area contributed by atoms with E-state index >= 15 is 0 Å². The molecule has 0 aliphatic heterocycles. The molecule has 0 radical (unpaired) electrons. The molecule has 1 rings (SSSR count). The molecule has 0 spiro atoms. The largest absolute Gasteiger partial charge is 0.383 e. The van der Waals surface area contributed by atoms with Gasteiger partial charge in [0.05, 0.1) is 13.2 Å². The van der Waals surface area contributed by atoms with Crippen LogP contribution in [0.3, 0.4) is 0 Å². The van der Waals surface area contributed by atoms with Crippen LogP contribution >= 0.6 is 12.6 Å². The van der Waals surface area contributed by atoms with Crippen molar-refractivity contribution < 1.29 is 14.3 Å². The summed E-state index contributed by atoms with van der Waals surface area (Å²) in [5.41, 5.74) is 0.479. The van der Waals surface area contributed by atoms with Crippen LogP contribution in [-0.4, -0.2) is 38.6 Å². The van der Waals surface area contributed by atoms with Crippen LogP contribution in [-0.2, 0) is 9.53 Å². The number of rotatable bonds is 6. The fraction of sp³-hybridized carbons (Fsp3) is 0.333. The number of carbonyl (C=O) groups excluding carboxylic acids is 2. The van der Waals surface area contributed by atoms with Crippen molar-refractivity contribution in [2.45, 2.75) is 4.90 Å². The molecule has 5 nitrogen and oxygen atoms in total. The highest BCUT2D eigenvalue weighted by Gasteiger charge is 2.07. The molecule has 1 aromatic carbocycles. The van der Waals surface area contributed by atoms with Crippen LogP contribution in [0, 0.1) is 0 Å². The first-order valence-electron chi connectivity index (χ1n) is 5.46. The van der Waals surface area contributed by atoms with E-state index in [0.29, 0.717) is 23.6 Å². The van der Waals surface area contributed by atoms with Gasteiger partial charge in [-0.05, 0) is 18.2 Å². The van der Waals surface area contributed by atoms with Crippen molar-refractivity contribution in [1.82, 2.24) is 10.6 Å². The molecule has 0 atom stereocenters. The lowest BCUT2D eigenvalue weighted by Crippen LogP contribution is -2.38. The highest BCUT2D eigenvalue weighted by Crippen LogP contribution is 2.08. The maximum absolute atomic E-state index is 11.7. The molecule has 0 saturated carbocycles. The SMILES string of the molecule is COCCNC(=O)CNC(=O)c1cccc(S)c1. The fourth-order valence-corrected chi connectivity index (χ4v) is 1.49. The second-order valence-electron chi connectivity index (χ2n) is 3.58. The number of thiol groups is 1. The predicted molar refractivity (Wildman–Crippen MR) is 70.9 cm³/mol. The molecule has 1 aromatic rings. The van der Waals surface area contributed by atoms with Gasteiger partial charge in [0.1, 0.15) is 0 Å². The zero-order valence-electron chi connectivity index (χ0n) is 10.1. The molecule has 0 bridgehead atoms. The number of benzene rings is 1. The van der Waals surface area contributed by atoms with Crippen molar-refractivity contribution in [3.8, 4) is 0 Å². The third-order valence-corrected chi connectivity index (χ3v) is 2.42. The summed E-state index contributed by atoms with van der Waals surface area (Å²) in [6.45, 7) is 0.818. The Balaban J connectivity index is 2.35. The summed E-state index contributed by atoms with van der Waals surface area (Å²) < 4.78 is 4.79. The first kappa shape index (κ1) is 14.5. The molecule has 98 valence electrons. The van der Waals surface area contributed by atoms with Crippen LogP contribution in [0.25, 0.3) is 0 Å². The summed E-state index contributed by atoms with van der Waals surface area (Å²) >= 11 is 4.14. The van der Waals surface area contributed by atoms with Gasteiger partial charge in [-0.2, -0.15) is 0 Å². The third kappa shape index (κ3) is 5.20. The molecule has 0 aliphatic rings. The first-order chi connectivity index (χ1) is 8.63. The molecular formula is C12H16N2O3S. The Morgan fingerprint density at radius 3 is 2.78 bits per heavy atom. The van der Waals surface area contributed by atoms with Crippen molar-refractivity contribution >= 4 is 24.4 Å². The normalized spacial score (nSPS) is 9.89. The molecule has 18 heavy (non-hydrogen) atoms. The lowest BCUT2D eigenvalue weighted by Gasteiger charge is -2.06. The smallest absolute Gasteiger partial charge is 0.251 e. The van der Waals surface area contributed by atoms with Gasteiger partial charge in [-0.1, -0.05) is 6.07 Å². The van der Waals surface area contributed by atoms with E-state index in [-0.39, 0.29) is 18.4 Å². The minimum atomic E-state index is -0.298. The van der Waals surface area contributed by atoms with Crippen molar-refractivity contribution in [1.29, 1.82) is 0 Å². The summed E-state index contributed by atoms with van der Waals surface area (Å²) in [4.78, 5) is 23.7. The van der Waals surface area contributed by atoms with Gasteiger partial charge in [-0.25, -0.2) is 0 Å². The van der Waals surface area contributed by atoms with Crippen LogP contribution in [0.1, 0.15) is 10.4 Å². The number of hydrogen-bond donors (Lipinski definition) is 3. The van der Waals surface area contributed by atoms with Crippen LogP contribution in [0.4, 0.5) is 0 Å². The summed E-state index contributed by atoms with van der Waals surface area (Å²) in [7, 11) is 1.55. The Morgan fingerprint density at radius 2 is 2.11 bits per heavy atom. The monoisotopic (exact) mass is 268 g/mol. The topological polar surface area (TPSA) is 67.4 Å². The minimum absolute atomic E-state index is 0.0562. The quantitative estimate of drug-likeness (QED) is 0.519. The molecule has 0 heterocycles. The molecule has 0 aliphatic carbocycles. The van der Waals surface area contributed by atoms with E-state index in [1.54, 1.807) is 31.4 Å². The van der Waals surface area contributed by atoms with Gasteiger partial charge in [0.2, 0.25) is 5.91 Å². The number of amides is 2. The average molecular weight is 268 g/mol. The summed E-state index contributed by atoms with van der Waals surface area (Å²) in [6, 6.07) is 6.81. The Hall–Kier alpha value is -1.53. The molecular weight excluding hydrogens is 252 g/mol. The molecule has 2 amide bonds. The highest BCUT2D eigenvalue weighted by molar-refractivity contribution is 7.80. The number of nitrogens with one attached hydrogen (secondary N) is 2. The van der Waals surface area contributed by atoms with E-state index in [2.05, 4.69) is 23.3 Å². The van der Waals surface area contributed by atoms with Gasteiger partial charge in [-0.15, -0.1) is 12.6 Å². The molecule has 0 aromatic heterocycles. The number of hydrogen-bond acceptors (Lipinski definition) is 4. The zero-order chi connectivity index (χ0) is 13.4. The van der Waals surface area contributed by atoms with Gasteiger partial charge in [0, 0.05) is 24.1 Å². The summed E-state index contributed by atoms with van der Waals surface area (Å²) in [6.07, 6.45) is 0. The Morgan fingerprint density at radius 1 is 1.33 bits per heavy atom. The molecule has 0 fully saturated rings. The van der Waals surface area contributed by atoms with E-state index in [1.165, 1.54) is 0 Å². The van der Waals surface area contributed by atoms with E-state index in [0.717, 1.165) is 0 Å². The molecule has 6 heteroatoms. The Labute approximate surface area is 111 Å². The standard InChI is InChI=1S/C12H16N2O3S/c1-17-6-5-13-11(15)8-14-12(16)9-3-2-4-10(18)7-9/h2-4,7,18H,5-6,8H2,1H3,(H,13,15)(H,14,16). The van der Waals surface area contributed by atoms with Crippen LogP contribution in [0.5, 0.6) is 0 Å². The number of carbonyl (C=O) groups is 2. The number of methoxy groups -OCH3 is 1. The van der Waals surface area contributed by atoms with Crippen molar-refractivity contribution in [2.75, 3.05) is 26.8 Å². The summed E-state index contributed by atoms with van der Waals surface area (Å²) in [5, 5.41) is 5.14. The second-order valence-corrected chi connectivity index (χ2v) is 4.09. The van der Waals surface area contributed by atoms with Gasteiger partial charge in [0.15, 0.2) is 0 Å². The van der Waals surface area contributed by atoms with Gasteiger partial charge in [0.25, 0.3) is 5.91 Å². The van der Waals surface area contributed by atoms with E-state index < -0.39 is 0 Å². The Kier molecular flexibility index (Phi) is 6.24. The molecule has 2 N–H and O–H groups in total. The molecule has 0 saturated heterocycles. The van der Waals surface area contributed by atoms with E-state index in [4.69, 9.17) is 4.74 Å². The fourth-order valence-electron chi connectivity index (χ4n) is 1.26. The maximum Gasteiger partial charge on any atom is 0.251 e. The van der Waals surface area contributed by atoms with Crippen molar-refractivity contribution in [3.05, 3.63) is 29.8 Å². The predicted octanol–water partition coefficient (Wildman–Crippen LogP) is 0.468. The third-order valence-electron chi connectivity index (χ3n) is 2.15. The van der Waals surface area contributed by atoms with Gasteiger partial charge < -0.3 is 15.4 Å². The van der Waals surface area contributed by atoms with E-state index in [1.807, 2.05) is 0 Å².